The van der Waals surface area contributed by atoms with E-state index in [4.69, 9.17) is 11.6 Å². The molecule has 1 unspecified atom stereocenters. The van der Waals surface area contributed by atoms with Crippen LogP contribution in [0.15, 0.2) is 22.7 Å². The maximum Gasteiger partial charge on any atom is 0.124 e. The van der Waals surface area contributed by atoms with E-state index in [1.54, 1.807) is 6.07 Å². The Kier molecular flexibility index (Phi) is 4.90. The van der Waals surface area contributed by atoms with Crippen LogP contribution in [0.3, 0.4) is 0 Å². The summed E-state index contributed by atoms with van der Waals surface area (Å²) in [6.07, 6.45) is 1.87. The van der Waals surface area contributed by atoms with Gasteiger partial charge in [0.05, 0.1) is 0 Å². The Bertz CT molecular complexity index is 277. The fourth-order valence-corrected chi connectivity index (χ4v) is 2.21. The van der Waals surface area contributed by atoms with Crippen LogP contribution >= 0.6 is 27.5 Å². The van der Waals surface area contributed by atoms with E-state index in [0.717, 1.165) is 22.9 Å². The van der Waals surface area contributed by atoms with Crippen LogP contribution in [0.2, 0.25) is 0 Å². The third kappa shape index (κ3) is 3.58. The van der Waals surface area contributed by atoms with Gasteiger partial charge in [-0.1, -0.05) is 29.3 Å². The molecule has 14 heavy (non-hydrogen) atoms. The number of hydrogen-bond acceptors (Lipinski definition) is 0. The van der Waals surface area contributed by atoms with Crippen molar-refractivity contribution in [3.05, 3.63) is 34.1 Å². The molecule has 0 N–H and O–H groups in total. The lowest BCUT2D eigenvalue weighted by atomic mass is 9.99. The normalized spacial score (nSPS) is 12.9. The summed E-state index contributed by atoms with van der Waals surface area (Å²) in [5.41, 5.74) is 1.00. The third-order valence-electron chi connectivity index (χ3n) is 2.24. The summed E-state index contributed by atoms with van der Waals surface area (Å²) >= 11 is 9.07. The van der Waals surface area contributed by atoms with Gasteiger partial charge >= 0.3 is 0 Å². The molecule has 0 amide bonds. The molecule has 0 aromatic heterocycles. The SMILES string of the molecule is CCC(CCl)Cc1cc(F)cc(Br)c1. The van der Waals surface area contributed by atoms with Crippen LogP contribution in [0.25, 0.3) is 0 Å². The molecule has 1 aromatic rings. The first-order valence-electron chi connectivity index (χ1n) is 4.66. The van der Waals surface area contributed by atoms with Crippen molar-refractivity contribution in [2.75, 3.05) is 5.88 Å². The van der Waals surface area contributed by atoms with Gasteiger partial charge in [0, 0.05) is 10.4 Å². The van der Waals surface area contributed by atoms with Gasteiger partial charge in [0.15, 0.2) is 0 Å². The predicted molar refractivity (Wildman–Crippen MR) is 62.3 cm³/mol. The second kappa shape index (κ2) is 5.72. The number of alkyl halides is 1. The van der Waals surface area contributed by atoms with Gasteiger partial charge in [0.1, 0.15) is 5.82 Å². The molecular weight excluding hydrogens is 266 g/mol. The molecule has 0 fully saturated rings. The molecule has 1 aromatic carbocycles. The van der Waals surface area contributed by atoms with Crippen LogP contribution in [0.5, 0.6) is 0 Å². The molecule has 0 radical (unpaired) electrons. The monoisotopic (exact) mass is 278 g/mol. The first-order chi connectivity index (χ1) is 6.65. The predicted octanol–water partition coefficient (Wildman–Crippen LogP) is 4.40. The van der Waals surface area contributed by atoms with E-state index in [1.807, 2.05) is 6.07 Å². The second-order valence-electron chi connectivity index (χ2n) is 3.41. The van der Waals surface area contributed by atoms with Gasteiger partial charge in [0.25, 0.3) is 0 Å². The Morgan fingerprint density at radius 3 is 2.64 bits per heavy atom. The maximum absolute atomic E-state index is 13.0. The molecule has 3 heteroatoms. The van der Waals surface area contributed by atoms with Crippen LogP contribution in [0.1, 0.15) is 18.9 Å². The number of hydrogen-bond donors (Lipinski definition) is 0. The topological polar surface area (TPSA) is 0 Å². The molecule has 0 heterocycles. The Labute approximate surface area is 97.6 Å². The van der Waals surface area contributed by atoms with Crippen LogP contribution in [-0.4, -0.2) is 5.88 Å². The van der Waals surface area contributed by atoms with Gasteiger partial charge in [0.2, 0.25) is 0 Å². The zero-order valence-corrected chi connectivity index (χ0v) is 10.4. The van der Waals surface area contributed by atoms with E-state index in [1.165, 1.54) is 6.07 Å². The van der Waals surface area contributed by atoms with Crippen molar-refractivity contribution in [3.8, 4) is 0 Å². The van der Waals surface area contributed by atoms with Crippen LogP contribution < -0.4 is 0 Å². The van der Waals surface area contributed by atoms with Gasteiger partial charge in [-0.25, -0.2) is 4.39 Å². The first-order valence-corrected chi connectivity index (χ1v) is 5.99. The Balaban J connectivity index is 2.75. The molecular formula is C11H13BrClF. The average molecular weight is 280 g/mol. The molecule has 0 bridgehead atoms. The van der Waals surface area contributed by atoms with Crippen molar-refractivity contribution >= 4 is 27.5 Å². The lowest BCUT2D eigenvalue weighted by molar-refractivity contribution is 0.561. The highest BCUT2D eigenvalue weighted by Gasteiger charge is 2.07. The summed E-state index contributed by atoms with van der Waals surface area (Å²) in [5.74, 6) is 0.870. The third-order valence-corrected chi connectivity index (χ3v) is 3.14. The minimum atomic E-state index is -0.196. The summed E-state index contributed by atoms with van der Waals surface area (Å²) in [7, 11) is 0. The van der Waals surface area contributed by atoms with Crippen LogP contribution in [0.4, 0.5) is 4.39 Å². The summed E-state index contributed by atoms with van der Waals surface area (Å²) in [6.45, 7) is 2.10. The highest BCUT2D eigenvalue weighted by atomic mass is 79.9. The Morgan fingerprint density at radius 2 is 2.14 bits per heavy atom. The average Bonchev–Trinajstić information content (AvgIpc) is 2.12. The molecule has 1 rings (SSSR count). The summed E-state index contributed by atoms with van der Waals surface area (Å²) in [5, 5.41) is 0. The Hall–Kier alpha value is -0.0800. The van der Waals surface area contributed by atoms with E-state index in [9.17, 15) is 4.39 Å². The summed E-state index contributed by atoms with van der Waals surface area (Å²) in [6, 6.07) is 4.98. The van der Waals surface area contributed by atoms with Gasteiger partial charge in [-0.05, 0) is 36.1 Å². The minimum Gasteiger partial charge on any atom is -0.207 e. The van der Waals surface area contributed by atoms with Crippen molar-refractivity contribution in [1.29, 1.82) is 0 Å². The minimum absolute atomic E-state index is 0.196. The van der Waals surface area contributed by atoms with Crippen molar-refractivity contribution < 1.29 is 4.39 Å². The number of halogens is 3. The maximum atomic E-state index is 13.0. The quantitative estimate of drug-likeness (QED) is 0.717. The van der Waals surface area contributed by atoms with E-state index >= 15 is 0 Å². The zero-order valence-electron chi connectivity index (χ0n) is 8.06. The molecule has 1 atom stereocenters. The molecule has 0 nitrogen and oxygen atoms in total. The van der Waals surface area contributed by atoms with E-state index in [-0.39, 0.29) is 5.82 Å². The molecule has 0 aliphatic rings. The number of rotatable bonds is 4. The fourth-order valence-electron chi connectivity index (χ4n) is 1.37. The lowest BCUT2D eigenvalue weighted by Crippen LogP contribution is -2.05. The van der Waals surface area contributed by atoms with E-state index in [0.29, 0.717) is 11.8 Å². The molecule has 0 saturated heterocycles. The highest BCUT2D eigenvalue weighted by molar-refractivity contribution is 9.10. The second-order valence-corrected chi connectivity index (χ2v) is 4.63. The van der Waals surface area contributed by atoms with Gasteiger partial charge < -0.3 is 0 Å². The van der Waals surface area contributed by atoms with Gasteiger partial charge in [-0.15, -0.1) is 11.6 Å². The standard InChI is InChI=1S/C11H13BrClF/c1-2-8(7-13)3-9-4-10(12)6-11(14)5-9/h4-6,8H,2-3,7H2,1H3. The van der Waals surface area contributed by atoms with E-state index in [2.05, 4.69) is 22.9 Å². The highest BCUT2D eigenvalue weighted by Crippen LogP contribution is 2.19. The first kappa shape index (κ1) is 12.0. The van der Waals surface area contributed by atoms with Crippen molar-refractivity contribution in [3.63, 3.8) is 0 Å². The fraction of sp³-hybridized carbons (Fsp3) is 0.455. The molecule has 78 valence electrons. The van der Waals surface area contributed by atoms with Crippen molar-refractivity contribution in [2.24, 2.45) is 5.92 Å². The largest absolute Gasteiger partial charge is 0.207 e. The van der Waals surface area contributed by atoms with Crippen LogP contribution in [0, 0.1) is 11.7 Å². The number of benzene rings is 1. The lowest BCUT2D eigenvalue weighted by Gasteiger charge is -2.11. The van der Waals surface area contributed by atoms with Crippen LogP contribution in [-0.2, 0) is 6.42 Å². The smallest absolute Gasteiger partial charge is 0.124 e. The van der Waals surface area contributed by atoms with E-state index < -0.39 is 0 Å². The molecule has 0 aliphatic heterocycles. The molecule has 0 spiro atoms. The van der Waals surface area contributed by atoms with Gasteiger partial charge in [-0.2, -0.15) is 0 Å². The Morgan fingerprint density at radius 1 is 1.43 bits per heavy atom. The molecule has 0 saturated carbocycles. The van der Waals surface area contributed by atoms with Crippen molar-refractivity contribution in [2.45, 2.75) is 19.8 Å². The van der Waals surface area contributed by atoms with Crippen molar-refractivity contribution in [1.82, 2.24) is 0 Å². The summed E-state index contributed by atoms with van der Waals surface area (Å²) in [4.78, 5) is 0. The summed E-state index contributed by atoms with van der Waals surface area (Å²) < 4.78 is 13.8. The zero-order chi connectivity index (χ0) is 10.6. The van der Waals surface area contributed by atoms with Gasteiger partial charge in [-0.3, -0.25) is 0 Å². The molecule has 0 aliphatic carbocycles.